The molecule has 106 valence electrons. The molecule has 0 radical (unpaired) electrons. The summed E-state index contributed by atoms with van der Waals surface area (Å²) >= 11 is 0. The Bertz CT molecular complexity index is 285. The second kappa shape index (κ2) is 6.50. The number of hydrogen-bond donors (Lipinski definition) is 3. The number of rotatable bonds is 6. The maximum absolute atomic E-state index is 11.8. The molecule has 0 spiro atoms. The van der Waals surface area contributed by atoms with Crippen LogP contribution in [0.25, 0.3) is 0 Å². The minimum absolute atomic E-state index is 0.0282. The zero-order valence-electron chi connectivity index (χ0n) is 11.8. The molecule has 0 aromatic rings. The molecule has 0 bridgehead atoms. The van der Waals surface area contributed by atoms with E-state index in [2.05, 4.69) is 10.6 Å². The van der Waals surface area contributed by atoms with Gasteiger partial charge in [-0.3, -0.25) is 4.79 Å². The van der Waals surface area contributed by atoms with Gasteiger partial charge in [0.25, 0.3) is 0 Å². The second-order valence-electron chi connectivity index (χ2n) is 5.29. The first-order chi connectivity index (χ1) is 8.39. The smallest absolute Gasteiger partial charge is 0.237 e. The van der Waals surface area contributed by atoms with Crippen molar-refractivity contribution in [3.05, 3.63) is 0 Å². The molecule has 5 nitrogen and oxygen atoms in total. The highest BCUT2D eigenvalue weighted by molar-refractivity contribution is 5.81. The average molecular weight is 258 g/mol. The molecule has 0 aromatic heterocycles. The Morgan fingerprint density at radius 2 is 2.22 bits per heavy atom. The molecule has 1 rings (SSSR count). The van der Waals surface area contributed by atoms with E-state index in [1.54, 1.807) is 0 Å². The highest BCUT2D eigenvalue weighted by Crippen LogP contribution is 2.24. The summed E-state index contributed by atoms with van der Waals surface area (Å²) in [4.78, 5) is 11.8. The van der Waals surface area contributed by atoms with Crippen molar-refractivity contribution in [2.75, 3.05) is 13.2 Å². The molecule has 1 heterocycles. The molecule has 0 aliphatic carbocycles. The van der Waals surface area contributed by atoms with Gasteiger partial charge in [0.2, 0.25) is 5.91 Å². The fraction of sp³-hybridized carbons (Fsp3) is 0.923. The van der Waals surface area contributed by atoms with Gasteiger partial charge in [0, 0.05) is 25.6 Å². The standard InChI is InChI=1S/C13H26N2O3/c1-5-9(2)15-12(16)10(3)14-8-13(17)6-7-18-11(13)4/h9-11,14,17H,5-8H2,1-4H3,(H,15,16). The van der Waals surface area contributed by atoms with Crippen LogP contribution in [-0.4, -0.2) is 48.0 Å². The Morgan fingerprint density at radius 1 is 1.56 bits per heavy atom. The van der Waals surface area contributed by atoms with Crippen LogP contribution in [0.15, 0.2) is 0 Å². The molecule has 4 unspecified atom stereocenters. The monoisotopic (exact) mass is 258 g/mol. The summed E-state index contributed by atoms with van der Waals surface area (Å²) in [6.07, 6.45) is 1.34. The van der Waals surface area contributed by atoms with E-state index in [1.807, 2.05) is 27.7 Å². The molecule has 3 N–H and O–H groups in total. The second-order valence-corrected chi connectivity index (χ2v) is 5.29. The first-order valence-corrected chi connectivity index (χ1v) is 6.76. The van der Waals surface area contributed by atoms with Gasteiger partial charge >= 0.3 is 0 Å². The summed E-state index contributed by atoms with van der Waals surface area (Å²) < 4.78 is 5.35. The largest absolute Gasteiger partial charge is 0.386 e. The van der Waals surface area contributed by atoms with Gasteiger partial charge in [0.1, 0.15) is 5.60 Å². The first kappa shape index (κ1) is 15.4. The lowest BCUT2D eigenvalue weighted by Crippen LogP contribution is -2.52. The summed E-state index contributed by atoms with van der Waals surface area (Å²) in [5.74, 6) is -0.0282. The third-order valence-electron chi connectivity index (χ3n) is 3.77. The number of aliphatic hydroxyl groups is 1. The van der Waals surface area contributed by atoms with Crippen molar-refractivity contribution in [2.45, 2.75) is 64.3 Å². The van der Waals surface area contributed by atoms with E-state index in [0.717, 1.165) is 6.42 Å². The Morgan fingerprint density at radius 3 is 2.72 bits per heavy atom. The van der Waals surface area contributed by atoms with E-state index in [9.17, 15) is 9.90 Å². The lowest BCUT2D eigenvalue weighted by Gasteiger charge is -2.28. The van der Waals surface area contributed by atoms with E-state index in [4.69, 9.17) is 4.74 Å². The molecule has 5 heteroatoms. The highest BCUT2D eigenvalue weighted by Gasteiger charge is 2.39. The van der Waals surface area contributed by atoms with Crippen LogP contribution in [0.3, 0.4) is 0 Å². The van der Waals surface area contributed by atoms with Gasteiger partial charge in [-0.05, 0) is 27.2 Å². The minimum Gasteiger partial charge on any atom is -0.386 e. The van der Waals surface area contributed by atoms with Crippen molar-refractivity contribution >= 4 is 5.91 Å². The van der Waals surface area contributed by atoms with Crippen LogP contribution in [0.2, 0.25) is 0 Å². The van der Waals surface area contributed by atoms with Gasteiger partial charge in [-0.15, -0.1) is 0 Å². The van der Waals surface area contributed by atoms with E-state index in [0.29, 0.717) is 19.6 Å². The maximum Gasteiger partial charge on any atom is 0.237 e. The zero-order chi connectivity index (χ0) is 13.8. The first-order valence-electron chi connectivity index (χ1n) is 6.76. The minimum atomic E-state index is -0.856. The predicted octanol–water partition coefficient (Wildman–Crippen LogP) is 0.419. The summed E-state index contributed by atoms with van der Waals surface area (Å²) in [6.45, 7) is 8.63. The third-order valence-corrected chi connectivity index (χ3v) is 3.77. The SMILES string of the molecule is CCC(C)NC(=O)C(C)NCC1(O)CCOC1C. The zero-order valence-corrected chi connectivity index (χ0v) is 11.8. The molecule has 1 aliphatic heterocycles. The van der Waals surface area contributed by atoms with Crippen molar-refractivity contribution in [1.82, 2.24) is 10.6 Å². The van der Waals surface area contributed by atoms with Gasteiger partial charge in [0.15, 0.2) is 0 Å². The number of amides is 1. The molecule has 18 heavy (non-hydrogen) atoms. The molecule has 0 saturated carbocycles. The Labute approximate surface area is 109 Å². The van der Waals surface area contributed by atoms with Crippen LogP contribution in [0, 0.1) is 0 Å². The van der Waals surface area contributed by atoms with E-state index >= 15 is 0 Å². The van der Waals surface area contributed by atoms with Gasteiger partial charge < -0.3 is 20.5 Å². The Hall–Kier alpha value is -0.650. The molecule has 0 aromatic carbocycles. The fourth-order valence-electron chi connectivity index (χ4n) is 1.90. The van der Waals surface area contributed by atoms with Crippen LogP contribution >= 0.6 is 0 Å². The molecule has 1 fully saturated rings. The summed E-state index contributed by atoms with van der Waals surface area (Å²) in [6, 6.07) is -0.130. The van der Waals surface area contributed by atoms with Crippen molar-refractivity contribution in [2.24, 2.45) is 0 Å². The molecule has 1 saturated heterocycles. The Balaban J connectivity index is 2.36. The summed E-state index contributed by atoms with van der Waals surface area (Å²) in [5.41, 5.74) is -0.856. The van der Waals surface area contributed by atoms with E-state index in [-0.39, 0.29) is 24.1 Å². The van der Waals surface area contributed by atoms with Gasteiger partial charge in [-0.1, -0.05) is 6.92 Å². The maximum atomic E-state index is 11.8. The number of carbonyl (C=O) groups excluding carboxylic acids is 1. The van der Waals surface area contributed by atoms with Gasteiger partial charge in [-0.25, -0.2) is 0 Å². The number of hydrogen-bond acceptors (Lipinski definition) is 4. The Kier molecular flexibility index (Phi) is 5.56. The van der Waals surface area contributed by atoms with Crippen molar-refractivity contribution in [1.29, 1.82) is 0 Å². The van der Waals surface area contributed by atoms with Crippen molar-refractivity contribution in [3.63, 3.8) is 0 Å². The molecule has 1 amide bonds. The summed E-state index contributed by atoms with van der Waals surface area (Å²) in [7, 11) is 0. The normalized spacial score (nSPS) is 31.1. The average Bonchev–Trinajstić information content (AvgIpc) is 2.67. The predicted molar refractivity (Wildman–Crippen MR) is 70.3 cm³/mol. The summed E-state index contributed by atoms with van der Waals surface area (Å²) in [5, 5.41) is 16.3. The molecular formula is C13H26N2O3. The quantitative estimate of drug-likeness (QED) is 0.646. The van der Waals surface area contributed by atoms with E-state index < -0.39 is 5.60 Å². The van der Waals surface area contributed by atoms with Crippen LogP contribution in [-0.2, 0) is 9.53 Å². The molecular weight excluding hydrogens is 232 g/mol. The number of nitrogens with one attached hydrogen (secondary N) is 2. The molecule has 1 aliphatic rings. The van der Waals surface area contributed by atoms with Crippen molar-refractivity contribution < 1.29 is 14.6 Å². The molecule has 4 atom stereocenters. The van der Waals surface area contributed by atoms with Gasteiger partial charge in [-0.2, -0.15) is 0 Å². The van der Waals surface area contributed by atoms with Crippen molar-refractivity contribution in [3.8, 4) is 0 Å². The van der Waals surface area contributed by atoms with Crippen LogP contribution in [0.1, 0.15) is 40.5 Å². The van der Waals surface area contributed by atoms with Crippen LogP contribution in [0.5, 0.6) is 0 Å². The van der Waals surface area contributed by atoms with Crippen LogP contribution < -0.4 is 10.6 Å². The lowest BCUT2D eigenvalue weighted by atomic mass is 9.96. The number of carbonyl (C=O) groups is 1. The lowest BCUT2D eigenvalue weighted by molar-refractivity contribution is -0.123. The van der Waals surface area contributed by atoms with E-state index in [1.165, 1.54) is 0 Å². The fourth-order valence-corrected chi connectivity index (χ4v) is 1.90. The number of ether oxygens (including phenoxy) is 1. The van der Waals surface area contributed by atoms with Gasteiger partial charge in [0.05, 0.1) is 12.1 Å². The topological polar surface area (TPSA) is 70.6 Å². The highest BCUT2D eigenvalue weighted by atomic mass is 16.5. The third kappa shape index (κ3) is 3.93. The van der Waals surface area contributed by atoms with Crippen LogP contribution in [0.4, 0.5) is 0 Å².